The van der Waals surface area contributed by atoms with Gasteiger partial charge < -0.3 is 5.32 Å². The van der Waals surface area contributed by atoms with Gasteiger partial charge in [0.25, 0.3) is 0 Å². The van der Waals surface area contributed by atoms with E-state index >= 15 is 0 Å². The molecule has 0 amide bonds. The monoisotopic (exact) mass is 236 g/mol. The molecule has 0 fully saturated rings. The molecule has 0 aromatic carbocycles. The first-order chi connectivity index (χ1) is 7.50. The van der Waals surface area contributed by atoms with Crippen LogP contribution in [0, 0.1) is 0 Å². The zero-order valence-corrected chi connectivity index (χ0v) is 10.4. The second kappa shape index (κ2) is 5.61. The lowest BCUT2D eigenvalue weighted by atomic mass is 10.0. The van der Waals surface area contributed by atoms with Gasteiger partial charge in [0.1, 0.15) is 0 Å². The van der Waals surface area contributed by atoms with Crippen LogP contribution < -0.4 is 5.32 Å². The van der Waals surface area contributed by atoms with Crippen molar-refractivity contribution in [2.24, 2.45) is 0 Å². The van der Waals surface area contributed by atoms with Gasteiger partial charge in [-0.25, -0.2) is 4.98 Å². The number of nitrogens with one attached hydrogen (secondary N) is 1. The quantitative estimate of drug-likeness (QED) is 0.771. The van der Waals surface area contributed by atoms with E-state index in [4.69, 9.17) is 0 Å². The number of rotatable bonds is 6. The number of aromatic nitrogens is 1. The molecule has 1 aromatic rings. The van der Waals surface area contributed by atoms with Crippen LogP contribution in [-0.2, 0) is 11.2 Å². The number of carbonyl (C=O) groups is 1. The summed E-state index contributed by atoms with van der Waals surface area (Å²) in [6.45, 7) is 11.0. The molecule has 4 heteroatoms. The largest absolute Gasteiger partial charge is 0.379 e. The van der Waals surface area contributed by atoms with Crippen molar-refractivity contribution in [1.29, 1.82) is 0 Å². The number of hydrogen-bond acceptors (Lipinski definition) is 4. The summed E-state index contributed by atoms with van der Waals surface area (Å²) in [6.07, 6.45) is 0.571. The van der Waals surface area contributed by atoms with Gasteiger partial charge in [-0.15, -0.1) is 11.3 Å². The maximum atomic E-state index is 11.9. The molecule has 0 spiro atoms. The number of hydrogen-bond donors (Lipinski definition) is 1. The molecule has 1 aromatic heterocycles. The van der Waals surface area contributed by atoms with Crippen LogP contribution in [0.1, 0.15) is 19.5 Å². The molecule has 0 aliphatic rings. The van der Waals surface area contributed by atoms with Crippen molar-refractivity contribution in [3.8, 4) is 0 Å². The van der Waals surface area contributed by atoms with E-state index in [-0.39, 0.29) is 11.8 Å². The maximum absolute atomic E-state index is 11.9. The van der Waals surface area contributed by atoms with E-state index in [1.807, 2.05) is 12.3 Å². The first-order valence-electron chi connectivity index (χ1n) is 4.99. The lowest BCUT2D eigenvalue weighted by molar-refractivity contribution is -0.117. The molecular formula is C12H16N2OS. The number of allylic oxidation sites excluding steroid dienone is 1. The van der Waals surface area contributed by atoms with E-state index in [1.54, 1.807) is 12.4 Å². The van der Waals surface area contributed by atoms with Crippen LogP contribution in [0.4, 0.5) is 0 Å². The van der Waals surface area contributed by atoms with Crippen LogP contribution in [-0.4, -0.2) is 16.8 Å². The minimum Gasteiger partial charge on any atom is -0.379 e. The predicted octanol–water partition coefficient (Wildman–Crippen LogP) is 2.32. The number of Topliss-reactive ketones (excluding diaryl/α,β-unsaturated/α-hetero) is 1. The van der Waals surface area contributed by atoms with Crippen molar-refractivity contribution in [2.45, 2.75) is 26.3 Å². The highest BCUT2D eigenvalue weighted by Gasteiger charge is 2.19. The zero-order valence-electron chi connectivity index (χ0n) is 9.62. The van der Waals surface area contributed by atoms with Crippen LogP contribution in [0.2, 0.25) is 0 Å². The van der Waals surface area contributed by atoms with Crippen LogP contribution in [0.15, 0.2) is 35.3 Å². The third kappa shape index (κ3) is 3.62. The summed E-state index contributed by atoms with van der Waals surface area (Å²) < 4.78 is 0. The second-order valence-electron chi connectivity index (χ2n) is 3.81. The average Bonchev–Trinajstić information content (AvgIpc) is 2.67. The highest BCUT2D eigenvalue weighted by molar-refractivity contribution is 7.07. The van der Waals surface area contributed by atoms with Crippen molar-refractivity contribution in [3.63, 3.8) is 0 Å². The Bertz CT molecular complexity index is 395. The highest BCUT2D eigenvalue weighted by atomic mass is 32.1. The lowest BCUT2D eigenvalue weighted by Crippen LogP contribution is -2.37. The SMILES string of the molecule is C=C(C)N[C@@H](Cc1cscn1)C(=O)C(=C)C. The summed E-state index contributed by atoms with van der Waals surface area (Å²) in [6, 6.07) is -0.308. The minimum absolute atomic E-state index is 0.0102. The standard InChI is InChI=1S/C12H16N2OS/c1-8(2)12(15)11(14-9(3)4)5-10-6-16-7-13-10/h6-7,11,14H,1,3,5H2,2,4H3/t11-/m0/s1. The van der Waals surface area contributed by atoms with Crippen molar-refractivity contribution in [3.05, 3.63) is 41.0 Å². The molecule has 1 heterocycles. The average molecular weight is 236 g/mol. The number of nitrogens with zero attached hydrogens (tertiary/aromatic N) is 1. The summed E-state index contributed by atoms with van der Waals surface area (Å²) >= 11 is 1.53. The summed E-state index contributed by atoms with van der Waals surface area (Å²) in [7, 11) is 0. The van der Waals surface area contributed by atoms with E-state index in [2.05, 4.69) is 23.5 Å². The van der Waals surface area contributed by atoms with Gasteiger partial charge in [-0.05, 0) is 19.4 Å². The Morgan fingerprint density at radius 1 is 1.56 bits per heavy atom. The number of carbonyl (C=O) groups excluding carboxylic acids is 1. The van der Waals surface area contributed by atoms with Gasteiger partial charge in [0, 0.05) is 17.5 Å². The molecular weight excluding hydrogens is 220 g/mol. The third-order valence-corrected chi connectivity index (χ3v) is 2.69. The molecule has 0 saturated heterocycles. The van der Waals surface area contributed by atoms with Gasteiger partial charge in [0.2, 0.25) is 0 Å². The molecule has 86 valence electrons. The number of ketones is 1. The molecule has 1 atom stereocenters. The van der Waals surface area contributed by atoms with E-state index in [9.17, 15) is 4.79 Å². The Kier molecular flexibility index (Phi) is 4.43. The van der Waals surface area contributed by atoms with Crippen molar-refractivity contribution in [2.75, 3.05) is 0 Å². The molecule has 0 bridgehead atoms. The molecule has 0 aliphatic heterocycles. The van der Waals surface area contributed by atoms with E-state index in [0.717, 1.165) is 11.4 Å². The smallest absolute Gasteiger partial charge is 0.180 e. The van der Waals surface area contributed by atoms with Crippen molar-refractivity contribution >= 4 is 17.1 Å². The molecule has 0 unspecified atom stereocenters. The van der Waals surface area contributed by atoms with Gasteiger partial charge in [0.05, 0.1) is 17.2 Å². The Morgan fingerprint density at radius 2 is 2.25 bits per heavy atom. The Hall–Kier alpha value is -1.42. The first kappa shape index (κ1) is 12.6. The summed E-state index contributed by atoms with van der Waals surface area (Å²) in [5.74, 6) is 0.0102. The fraction of sp³-hybridized carbons (Fsp3) is 0.333. The molecule has 3 nitrogen and oxygen atoms in total. The summed E-state index contributed by atoms with van der Waals surface area (Å²) in [5, 5.41) is 5.00. The van der Waals surface area contributed by atoms with Crippen LogP contribution in [0.25, 0.3) is 0 Å². The summed E-state index contributed by atoms with van der Waals surface area (Å²) in [5.41, 5.74) is 4.00. The minimum atomic E-state index is -0.308. The molecule has 1 N–H and O–H groups in total. The summed E-state index contributed by atoms with van der Waals surface area (Å²) in [4.78, 5) is 16.0. The zero-order chi connectivity index (χ0) is 12.1. The van der Waals surface area contributed by atoms with Gasteiger partial charge in [-0.1, -0.05) is 13.2 Å². The van der Waals surface area contributed by atoms with E-state index in [0.29, 0.717) is 12.0 Å². The topological polar surface area (TPSA) is 42.0 Å². The normalized spacial score (nSPS) is 11.9. The fourth-order valence-corrected chi connectivity index (χ4v) is 1.92. The highest BCUT2D eigenvalue weighted by Crippen LogP contribution is 2.08. The van der Waals surface area contributed by atoms with Crippen molar-refractivity contribution in [1.82, 2.24) is 10.3 Å². The van der Waals surface area contributed by atoms with Gasteiger partial charge in [-0.2, -0.15) is 0 Å². The molecule has 1 rings (SSSR count). The van der Waals surface area contributed by atoms with Gasteiger partial charge in [0.15, 0.2) is 5.78 Å². The lowest BCUT2D eigenvalue weighted by Gasteiger charge is -2.17. The molecule has 0 aliphatic carbocycles. The molecule has 0 radical (unpaired) electrons. The Balaban J connectivity index is 2.75. The van der Waals surface area contributed by atoms with Crippen molar-refractivity contribution < 1.29 is 4.79 Å². The fourth-order valence-electron chi connectivity index (χ4n) is 1.35. The molecule has 0 saturated carbocycles. The number of thiazole rings is 1. The molecule has 16 heavy (non-hydrogen) atoms. The Morgan fingerprint density at radius 3 is 2.69 bits per heavy atom. The van der Waals surface area contributed by atoms with Gasteiger partial charge >= 0.3 is 0 Å². The van der Waals surface area contributed by atoms with E-state index in [1.165, 1.54) is 11.3 Å². The third-order valence-electron chi connectivity index (χ3n) is 2.05. The van der Waals surface area contributed by atoms with Gasteiger partial charge in [-0.3, -0.25) is 4.79 Å². The van der Waals surface area contributed by atoms with E-state index < -0.39 is 0 Å². The maximum Gasteiger partial charge on any atom is 0.180 e. The second-order valence-corrected chi connectivity index (χ2v) is 4.52. The predicted molar refractivity (Wildman–Crippen MR) is 67.4 cm³/mol. The van der Waals surface area contributed by atoms with Crippen LogP contribution in [0.5, 0.6) is 0 Å². The first-order valence-corrected chi connectivity index (χ1v) is 5.94. The van der Waals surface area contributed by atoms with Crippen LogP contribution >= 0.6 is 11.3 Å². The van der Waals surface area contributed by atoms with Crippen LogP contribution in [0.3, 0.4) is 0 Å². The Labute approximate surface area is 99.9 Å².